The van der Waals surface area contributed by atoms with Crippen LogP contribution in [-0.4, -0.2) is 37.9 Å². The van der Waals surface area contributed by atoms with Crippen molar-refractivity contribution in [2.45, 2.75) is 13.0 Å². The van der Waals surface area contributed by atoms with Crippen LogP contribution in [0.15, 0.2) is 17.6 Å². The molecule has 5 nitrogen and oxygen atoms in total. The van der Waals surface area contributed by atoms with Crippen molar-refractivity contribution in [3.8, 4) is 0 Å². The third-order valence-corrected chi connectivity index (χ3v) is 1.25. The number of hydrogen-bond acceptors (Lipinski definition) is 5. The number of carbonyl (C=O) groups is 1. The largest absolute Gasteiger partial charge is 0.457 e. The van der Waals surface area contributed by atoms with Crippen molar-refractivity contribution in [1.29, 1.82) is 0 Å². The van der Waals surface area contributed by atoms with Gasteiger partial charge in [0.15, 0.2) is 0 Å². The molecule has 0 saturated carbocycles. The zero-order chi connectivity index (χ0) is 10.8. The summed E-state index contributed by atoms with van der Waals surface area (Å²) >= 11 is 0. The van der Waals surface area contributed by atoms with E-state index >= 15 is 0 Å². The van der Waals surface area contributed by atoms with E-state index in [1.165, 1.54) is 6.08 Å². The lowest BCUT2D eigenvalue weighted by atomic mass is 10.4. The van der Waals surface area contributed by atoms with Crippen molar-refractivity contribution < 1.29 is 19.1 Å². The average molecular weight is 199 g/mol. The van der Waals surface area contributed by atoms with E-state index < -0.39 is 5.97 Å². The number of isocyanates is 1. The molecule has 78 valence electrons. The third kappa shape index (κ3) is 7.21. The fraction of sp³-hybridized carbons (Fsp3) is 0.556. The Labute approximate surface area is 82.4 Å². The highest BCUT2D eigenvalue weighted by Crippen LogP contribution is 1.93. The first kappa shape index (κ1) is 12.6. The number of hydrogen-bond donors (Lipinski definition) is 0. The van der Waals surface area contributed by atoms with Crippen LogP contribution in [0.5, 0.6) is 0 Å². The van der Waals surface area contributed by atoms with E-state index in [1.807, 2.05) is 0 Å². The summed E-state index contributed by atoms with van der Waals surface area (Å²) in [5.41, 5.74) is 0. The van der Waals surface area contributed by atoms with Crippen LogP contribution in [0.2, 0.25) is 0 Å². The highest BCUT2D eigenvalue weighted by molar-refractivity contribution is 5.81. The number of aliphatic imine (C=N–C) groups is 1. The SMILES string of the molecule is C=CC(=O)OC(C)COCCN=C=O. The molecule has 0 saturated heterocycles. The van der Waals surface area contributed by atoms with Gasteiger partial charge in [0.25, 0.3) is 0 Å². The van der Waals surface area contributed by atoms with E-state index in [0.717, 1.165) is 6.08 Å². The van der Waals surface area contributed by atoms with Crippen molar-refractivity contribution in [3.63, 3.8) is 0 Å². The lowest BCUT2D eigenvalue weighted by Crippen LogP contribution is -2.19. The number of nitrogens with zero attached hydrogens (tertiary/aromatic N) is 1. The monoisotopic (exact) mass is 199 g/mol. The van der Waals surface area contributed by atoms with Crippen LogP contribution in [0.1, 0.15) is 6.92 Å². The van der Waals surface area contributed by atoms with Crippen LogP contribution in [0.4, 0.5) is 0 Å². The summed E-state index contributed by atoms with van der Waals surface area (Å²) in [6, 6.07) is 0. The first-order chi connectivity index (χ1) is 6.70. The topological polar surface area (TPSA) is 65.0 Å². The second-order valence-electron chi connectivity index (χ2n) is 2.50. The van der Waals surface area contributed by atoms with Gasteiger partial charge in [0.05, 0.1) is 19.8 Å². The molecule has 0 spiro atoms. The van der Waals surface area contributed by atoms with Crippen LogP contribution in [0, 0.1) is 0 Å². The summed E-state index contributed by atoms with van der Waals surface area (Å²) in [5.74, 6) is -0.480. The summed E-state index contributed by atoms with van der Waals surface area (Å²) in [5, 5.41) is 0. The van der Waals surface area contributed by atoms with Gasteiger partial charge in [-0.1, -0.05) is 6.58 Å². The first-order valence-corrected chi connectivity index (χ1v) is 4.15. The van der Waals surface area contributed by atoms with Crippen molar-refractivity contribution in [2.75, 3.05) is 19.8 Å². The van der Waals surface area contributed by atoms with Gasteiger partial charge in [-0.05, 0) is 6.92 Å². The predicted octanol–water partition coefficient (Wildman–Crippen LogP) is 0.456. The Kier molecular flexibility index (Phi) is 7.32. The van der Waals surface area contributed by atoms with E-state index in [2.05, 4.69) is 11.6 Å². The van der Waals surface area contributed by atoms with E-state index in [-0.39, 0.29) is 19.3 Å². The minimum Gasteiger partial charge on any atom is -0.457 e. The van der Waals surface area contributed by atoms with Gasteiger partial charge in [-0.2, -0.15) is 0 Å². The van der Waals surface area contributed by atoms with Crippen LogP contribution in [0.25, 0.3) is 0 Å². The molecule has 0 aromatic heterocycles. The Morgan fingerprint density at radius 1 is 1.71 bits per heavy atom. The summed E-state index contributed by atoms with van der Waals surface area (Å²) in [6.07, 6.45) is 2.15. The van der Waals surface area contributed by atoms with Gasteiger partial charge < -0.3 is 9.47 Å². The van der Waals surface area contributed by atoms with E-state index in [0.29, 0.717) is 6.61 Å². The van der Waals surface area contributed by atoms with Gasteiger partial charge >= 0.3 is 5.97 Å². The smallest absolute Gasteiger partial charge is 0.330 e. The standard InChI is InChI=1S/C9H13NO4/c1-3-9(12)14-8(2)6-13-5-4-10-7-11/h3,8H,1,4-6H2,2H3. The van der Waals surface area contributed by atoms with Crippen molar-refractivity contribution in [2.24, 2.45) is 4.99 Å². The molecule has 0 aliphatic heterocycles. The van der Waals surface area contributed by atoms with Gasteiger partial charge in [-0.15, -0.1) is 0 Å². The minimum absolute atomic E-state index is 0.269. The summed E-state index contributed by atoms with van der Waals surface area (Å²) < 4.78 is 9.87. The summed E-state index contributed by atoms with van der Waals surface area (Å²) in [6.45, 7) is 5.81. The molecule has 0 aliphatic carbocycles. The summed E-state index contributed by atoms with van der Waals surface area (Å²) in [4.78, 5) is 23.6. The normalized spacial score (nSPS) is 11.2. The number of esters is 1. The van der Waals surface area contributed by atoms with Gasteiger partial charge in [0.1, 0.15) is 6.10 Å². The minimum atomic E-state index is -0.480. The molecule has 0 amide bonds. The highest BCUT2D eigenvalue weighted by atomic mass is 16.6. The quantitative estimate of drug-likeness (QED) is 0.196. The lowest BCUT2D eigenvalue weighted by molar-refractivity contribution is -0.144. The Hall–Kier alpha value is -1.45. The number of ether oxygens (including phenoxy) is 2. The predicted molar refractivity (Wildman–Crippen MR) is 49.6 cm³/mol. The average Bonchev–Trinajstić information content (AvgIpc) is 2.17. The molecule has 5 heteroatoms. The van der Waals surface area contributed by atoms with Crippen molar-refractivity contribution in [1.82, 2.24) is 0 Å². The molecule has 0 fully saturated rings. The van der Waals surface area contributed by atoms with Crippen LogP contribution >= 0.6 is 0 Å². The Morgan fingerprint density at radius 2 is 2.43 bits per heavy atom. The Balaban J connectivity index is 3.43. The van der Waals surface area contributed by atoms with Crippen molar-refractivity contribution >= 4 is 12.0 Å². The van der Waals surface area contributed by atoms with Crippen LogP contribution in [0.3, 0.4) is 0 Å². The maximum Gasteiger partial charge on any atom is 0.330 e. The fourth-order valence-corrected chi connectivity index (χ4v) is 0.686. The third-order valence-electron chi connectivity index (χ3n) is 1.25. The number of rotatable bonds is 7. The molecule has 0 bridgehead atoms. The second-order valence-corrected chi connectivity index (χ2v) is 2.50. The van der Waals surface area contributed by atoms with Crippen LogP contribution in [-0.2, 0) is 19.1 Å². The van der Waals surface area contributed by atoms with Crippen LogP contribution < -0.4 is 0 Å². The van der Waals surface area contributed by atoms with Gasteiger partial charge in [-0.25, -0.2) is 14.6 Å². The molecule has 0 aromatic carbocycles. The molecule has 0 N–H and O–H groups in total. The first-order valence-electron chi connectivity index (χ1n) is 4.15. The summed E-state index contributed by atoms with van der Waals surface area (Å²) in [7, 11) is 0. The second kappa shape index (κ2) is 8.16. The Morgan fingerprint density at radius 3 is 3.00 bits per heavy atom. The molecule has 0 heterocycles. The van der Waals surface area contributed by atoms with Gasteiger partial charge in [-0.3, -0.25) is 0 Å². The van der Waals surface area contributed by atoms with Crippen molar-refractivity contribution in [3.05, 3.63) is 12.7 Å². The molecule has 1 unspecified atom stereocenters. The lowest BCUT2D eigenvalue weighted by Gasteiger charge is -2.11. The molecule has 14 heavy (non-hydrogen) atoms. The zero-order valence-corrected chi connectivity index (χ0v) is 8.06. The maximum atomic E-state index is 10.7. The molecule has 0 rings (SSSR count). The maximum absolute atomic E-state index is 10.7. The molecule has 0 radical (unpaired) electrons. The molecule has 0 aromatic rings. The molecule has 0 aliphatic rings. The van der Waals surface area contributed by atoms with Gasteiger partial charge in [0, 0.05) is 6.08 Å². The van der Waals surface area contributed by atoms with E-state index in [1.54, 1.807) is 6.92 Å². The zero-order valence-electron chi connectivity index (χ0n) is 8.06. The van der Waals surface area contributed by atoms with E-state index in [9.17, 15) is 9.59 Å². The molecular weight excluding hydrogens is 186 g/mol. The number of carbonyl (C=O) groups excluding carboxylic acids is 2. The van der Waals surface area contributed by atoms with E-state index in [4.69, 9.17) is 9.47 Å². The molecule has 1 atom stereocenters. The molecular formula is C9H13NO4. The Bertz CT molecular complexity index is 233. The fourth-order valence-electron chi connectivity index (χ4n) is 0.686. The van der Waals surface area contributed by atoms with Gasteiger partial charge in [0.2, 0.25) is 6.08 Å². The highest BCUT2D eigenvalue weighted by Gasteiger charge is 2.05.